The van der Waals surface area contributed by atoms with E-state index in [4.69, 9.17) is 14.2 Å². The van der Waals surface area contributed by atoms with E-state index in [9.17, 15) is 14.4 Å². The molecule has 0 amide bonds. The molecule has 384 valence electrons. The van der Waals surface area contributed by atoms with Gasteiger partial charge in [0.2, 0.25) is 0 Å². The Morgan fingerprint density at radius 2 is 0.508 bits per heavy atom. The molecule has 0 radical (unpaired) electrons. The van der Waals surface area contributed by atoms with Crippen molar-refractivity contribution in [2.24, 2.45) is 0 Å². The third kappa shape index (κ3) is 53.0. The third-order valence-corrected chi connectivity index (χ3v) is 13.3. The predicted molar refractivity (Wildman–Crippen MR) is 280 cm³/mol. The van der Waals surface area contributed by atoms with Gasteiger partial charge in [-0.1, -0.05) is 277 Å². The zero-order chi connectivity index (χ0) is 47.2. The molecule has 0 fully saturated rings. The van der Waals surface area contributed by atoms with Gasteiger partial charge in [-0.3, -0.25) is 14.4 Å². The first-order valence-corrected chi connectivity index (χ1v) is 29.2. The van der Waals surface area contributed by atoms with Crippen molar-refractivity contribution in [3.8, 4) is 0 Å². The number of unbranched alkanes of at least 4 members (excludes halogenated alkanes) is 41. The van der Waals surface area contributed by atoms with Crippen molar-refractivity contribution in [3.05, 3.63) is 12.2 Å². The van der Waals surface area contributed by atoms with Gasteiger partial charge in [0.15, 0.2) is 6.10 Å². The van der Waals surface area contributed by atoms with Gasteiger partial charge in [-0.15, -0.1) is 0 Å². The second kappa shape index (κ2) is 54.8. The maximum absolute atomic E-state index is 12.8. The van der Waals surface area contributed by atoms with Crippen molar-refractivity contribution in [2.45, 2.75) is 335 Å². The Hall–Kier alpha value is -1.85. The molecule has 0 bridgehead atoms. The molecule has 0 saturated carbocycles. The topological polar surface area (TPSA) is 78.9 Å². The molecule has 6 heteroatoms. The van der Waals surface area contributed by atoms with Crippen LogP contribution in [0.4, 0.5) is 0 Å². The normalized spacial score (nSPS) is 12.0. The fourth-order valence-corrected chi connectivity index (χ4v) is 8.85. The standard InChI is InChI=1S/C59H112O6/c1-4-7-10-13-16-19-22-25-27-29-30-32-34-37-40-43-46-49-52-58(61)64-55-56(54-63-57(60)51-48-45-42-39-36-33-24-21-18-15-12-9-6-3)65-59(62)53-50-47-44-41-38-35-31-28-26-23-20-17-14-11-8-5-2/h27,29,56H,4-26,28,30-55H2,1-3H3/b29-27-. The lowest BCUT2D eigenvalue weighted by atomic mass is 10.0. The number of allylic oxidation sites excluding steroid dienone is 2. The molecule has 65 heavy (non-hydrogen) atoms. The SMILES string of the molecule is CCCCCCCCC/C=C\CCCCCCCCCC(=O)OCC(COC(=O)CCCCCCCCCCCCCCC)OC(=O)CCCCCCCCCCCCCCCCCC. The first-order chi connectivity index (χ1) is 32.0. The maximum Gasteiger partial charge on any atom is 0.306 e. The van der Waals surface area contributed by atoms with E-state index in [1.165, 1.54) is 231 Å². The molecule has 0 aliphatic heterocycles. The average molecular weight is 918 g/mol. The van der Waals surface area contributed by atoms with Crippen LogP contribution in [0.3, 0.4) is 0 Å². The van der Waals surface area contributed by atoms with Gasteiger partial charge < -0.3 is 14.2 Å². The molecule has 6 nitrogen and oxygen atoms in total. The fourth-order valence-electron chi connectivity index (χ4n) is 8.85. The quantitative estimate of drug-likeness (QED) is 0.0262. The summed E-state index contributed by atoms with van der Waals surface area (Å²) in [7, 11) is 0. The van der Waals surface area contributed by atoms with Crippen LogP contribution in [-0.4, -0.2) is 37.2 Å². The molecule has 1 atom stereocenters. The van der Waals surface area contributed by atoms with Crippen molar-refractivity contribution >= 4 is 17.9 Å². The summed E-state index contributed by atoms with van der Waals surface area (Å²) in [6, 6.07) is 0. The van der Waals surface area contributed by atoms with E-state index in [2.05, 4.69) is 32.9 Å². The molecule has 0 saturated heterocycles. The highest BCUT2D eigenvalue weighted by Crippen LogP contribution is 2.17. The van der Waals surface area contributed by atoms with Gasteiger partial charge in [-0.2, -0.15) is 0 Å². The molecule has 0 aromatic rings. The number of hydrogen-bond acceptors (Lipinski definition) is 6. The van der Waals surface area contributed by atoms with Crippen molar-refractivity contribution in [2.75, 3.05) is 13.2 Å². The second-order valence-corrected chi connectivity index (χ2v) is 19.9. The molecule has 0 spiro atoms. The summed E-state index contributed by atoms with van der Waals surface area (Å²) in [5.41, 5.74) is 0. The minimum atomic E-state index is -0.765. The van der Waals surface area contributed by atoms with Crippen LogP contribution < -0.4 is 0 Å². The zero-order valence-corrected chi connectivity index (χ0v) is 44.0. The van der Waals surface area contributed by atoms with Crippen molar-refractivity contribution in [1.82, 2.24) is 0 Å². The molecule has 1 unspecified atom stereocenters. The van der Waals surface area contributed by atoms with Crippen molar-refractivity contribution in [1.29, 1.82) is 0 Å². The summed E-state index contributed by atoms with van der Waals surface area (Å²) in [4.78, 5) is 38.1. The monoisotopic (exact) mass is 917 g/mol. The lowest BCUT2D eigenvalue weighted by Gasteiger charge is -2.18. The van der Waals surface area contributed by atoms with Crippen LogP contribution in [0, 0.1) is 0 Å². The van der Waals surface area contributed by atoms with Crippen molar-refractivity contribution in [3.63, 3.8) is 0 Å². The Kier molecular flexibility index (Phi) is 53.2. The van der Waals surface area contributed by atoms with Gasteiger partial charge >= 0.3 is 17.9 Å². The molecular weight excluding hydrogens is 805 g/mol. The Labute approximate surface area is 405 Å². The Morgan fingerprint density at radius 1 is 0.292 bits per heavy atom. The summed E-state index contributed by atoms with van der Waals surface area (Å²) < 4.78 is 16.9. The van der Waals surface area contributed by atoms with Crippen LogP contribution in [-0.2, 0) is 28.6 Å². The van der Waals surface area contributed by atoms with E-state index in [1.807, 2.05) is 0 Å². The summed E-state index contributed by atoms with van der Waals surface area (Å²) in [5.74, 6) is -0.845. The predicted octanol–water partition coefficient (Wildman–Crippen LogP) is 19.3. The van der Waals surface area contributed by atoms with Crippen LogP contribution in [0.2, 0.25) is 0 Å². The Morgan fingerprint density at radius 3 is 0.769 bits per heavy atom. The van der Waals surface area contributed by atoms with E-state index in [0.717, 1.165) is 57.8 Å². The summed E-state index contributed by atoms with van der Waals surface area (Å²) >= 11 is 0. The Bertz CT molecular complexity index is 1010. The summed E-state index contributed by atoms with van der Waals surface area (Å²) in [6.07, 6.45) is 62.0. The van der Waals surface area contributed by atoms with E-state index in [0.29, 0.717) is 19.3 Å². The first kappa shape index (κ1) is 63.1. The molecule has 0 heterocycles. The second-order valence-electron chi connectivity index (χ2n) is 19.9. The van der Waals surface area contributed by atoms with Crippen LogP contribution in [0.5, 0.6) is 0 Å². The van der Waals surface area contributed by atoms with E-state index < -0.39 is 6.10 Å². The largest absolute Gasteiger partial charge is 0.462 e. The van der Waals surface area contributed by atoms with Crippen LogP contribution >= 0.6 is 0 Å². The average Bonchev–Trinajstić information content (AvgIpc) is 3.30. The van der Waals surface area contributed by atoms with Crippen LogP contribution in [0.25, 0.3) is 0 Å². The molecule has 0 aliphatic carbocycles. The third-order valence-electron chi connectivity index (χ3n) is 13.3. The fraction of sp³-hybridized carbons (Fsp3) is 0.915. The molecule has 0 N–H and O–H groups in total. The molecule has 0 aromatic carbocycles. The van der Waals surface area contributed by atoms with Crippen LogP contribution in [0.15, 0.2) is 12.2 Å². The number of carbonyl (C=O) groups excluding carboxylic acids is 3. The maximum atomic E-state index is 12.8. The highest BCUT2D eigenvalue weighted by atomic mass is 16.6. The zero-order valence-electron chi connectivity index (χ0n) is 44.0. The number of ether oxygens (including phenoxy) is 3. The molecular formula is C59H112O6. The lowest BCUT2D eigenvalue weighted by Crippen LogP contribution is -2.30. The molecule has 0 rings (SSSR count). The smallest absolute Gasteiger partial charge is 0.306 e. The minimum Gasteiger partial charge on any atom is -0.462 e. The molecule has 0 aliphatic rings. The summed E-state index contributed by atoms with van der Waals surface area (Å²) in [5, 5.41) is 0. The number of carbonyl (C=O) groups is 3. The number of rotatable bonds is 54. The van der Waals surface area contributed by atoms with Crippen molar-refractivity contribution < 1.29 is 28.6 Å². The van der Waals surface area contributed by atoms with E-state index in [-0.39, 0.29) is 31.1 Å². The lowest BCUT2D eigenvalue weighted by molar-refractivity contribution is -0.167. The minimum absolute atomic E-state index is 0.0652. The van der Waals surface area contributed by atoms with Gasteiger partial charge in [0.25, 0.3) is 0 Å². The van der Waals surface area contributed by atoms with Gasteiger partial charge in [0.1, 0.15) is 13.2 Å². The van der Waals surface area contributed by atoms with Crippen LogP contribution in [0.1, 0.15) is 329 Å². The highest BCUT2D eigenvalue weighted by Gasteiger charge is 2.19. The van der Waals surface area contributed by atoms with E-state index in [1.54, 1.807) is 0 Å². The Balaban J connectivity index is 4.30. The van der Waals surface area contributed by atoms with Gasteiger partial charge in [0, 0.05) is 19.3 Å². The first-order valence-electron chi connectivity index (χ1n) is 29.2. The van der Waals surface area contributed by atoms with E-state index >= 15 is 0 Å². The van der Waals surface area contributed by atoms with Gasteiger partial charge in [0.05, 0.1) is 0 Å². The van der Waals surface area contributed by atoms with Gasteiger partial charge in [-0.05, 0) is 44.9 Å². The highest BCUT2D eigenvalue weighted by molar-refractivity contribution is 5.71. The summed E-state index contributed by atoms with van der Waals surface area (Å²) in [6.45, 7) is 6.69. The van der Waals surface area contributed by atoms with Gasteiger partial charge in [-0.25, -0.2) is 0 Å². The number of hydrogen-bond donors (Lipinski definition) is 0. The number of esters is 3. The molecule has 0 aromatic heterocycles.